The van der Waals surface area contributed by atoms with Crippen LogP contribution in [0.5, 0.6) is 0 Å². The van der Waals surface area contributed by atoms with Gasteiger partial charge in [0.1, 0.15) is 12.1 Å². The number of nitrogens with zero attached hydrogens (tertiary/aromatic N) is 2. The van der Waals surface area contributed by atoms with Crippen LogP contribution in [0.15, 0.2) is 0 Å². The molecular formula is C20H35N3O5. The van der Waals surface area contributed by atoms with E-state index in [-0.39, 0.29) is 23.8 Å². The fourth-order valence-corrected chi connectivity index (χ4v) is 4.13. The number of imide groups is 1. The zero-order valence-corrected chi connectivity index (χ0v) is 17.9. The lowest BCUT2D eigenvalue weighted by Gasteiger charge is -2.40. The summed E-state index contributed by atoms with van der Waals surface area (Å²) in [5.41, 5.74) is -0.658. The molecule has 1 N–H and O–H groups in total. The summed E-state index contributed by atoms with van der Waals surface area (Å²) >= 11 is 0. The Balaban J connectivity index is 2.02. The molecule has 0 unspecified atom stereocenters. The Kier molecular flexibility index (Phi) is 7.45. The van der Waals surface area contributed by atoms with E-state index in [9.17, 15) is 14.4 Å². The van der Waals surface area contributed by atoms with Crippen LogP contribution in [0.3, 0.4) is 0 Å². The Labute approximate surface area is 167 Å². The van der Waals surface area contributed by atoms with E-state index in [4.69, 9.17) is 9.47 Å². The van der Waals surface area contributed by atoms with Gasteiger partial charge < -0.3 is 19.7 Å². The molecule has 4 amide bonds. The Morgan fingerprint density at radius 2 is 1.68 bits per heavy atom. The van der Waals surface area contributed by atoms with Crippen molar-refractivity contribution in [2.24, 2.45) is 11.3 Å². The molecule has 28 heavy (non-hydrogen) atoms. The Morgan fingerprint density at radius 1 is 1.14 bits per heavy atom. The number of methoxy groups -OCH3 is 2. The molecule has 0 aromatic heterocycles. The predicted molar refractivity (Wildman–Crippen MR) is 105 cm³/mol. The zero-order valence-electron chi connectivity index (χ0n) is 17.9. The quantitative estimate of drug-likeness (QED) is 0.629. The zero-order chi connectivity index (χ0) is 20.9. The third-order valence-corrected chi connectivity index (χ3v) is 6.09. The summed E-state index contributed by atoms with van der Waals surface area (Å²) in [7, 11) is 3.13. The number of rotatable bonds is 8. The van der Waals surface area contributed by atoms with E-state index in [1.165, 1.54) is 0 Å². The second-order valence-corrected chi connectivity index (χ2v) is 8.91. The number of ether oxygens (including phenoxy) is 2. The standard InChI is InChI=1S/C20H35N3O5/c1-19(2,3)15-6-8-20(9-7-15)17(25)23(18(26)21-20)14-16(24)22(10-12-27-4)11-13-28-5/h15H,6-14H2,1-5H3,(H,21,26). The van der Waals surface area contributed by atoms with E-state index in [1.807, 2.05) is 0 Å². The molecule has 8 nitrogen and oxygen atoms in total. The van der Waals surface area contributed by atoms with Crippen LogP contribution in [-0.4, -0.2) is 80.3 Å². The van der Waals surface area contributed by atoms with Crippen molar-refractivity contribution in [3.63, 3.8) is 0 Å². The van der Waals surface area contributed by atoms with Gasteiger partial charge in [-0.15, -0.1) is 0 Å². The molecule has 1 saturated carbocycles. The first-order chi connectivity index (χ1) is 13.1. The number of carbonyl (C=O) groups is 3. The SMILES string of the molecule is COCCN(CCOC)C(=O)CN1C(=O)NC2(CCC(C(C)(C)C)CC2)C1=O. The number of hydrogen-bond acceptors (Lipinski definition) is 5. The first-order valence-electron chi connectivity index (χ1n) is 10.0. The van der Waals surface area contributed by atoms with Crippen LogP contribution in [0.1, 0.15) is 46.5 Å². The highest BCUT2D eigenvalue weighted by molar-refractivity contribution is 6.09. The van der Waals surface area contributed by atoms with Crippen LogP contribution in [0, 0.1) is 11.3 Å². The lowest BCUT2D eigenvalue weighted by Crippen LogP contribution is -2.51. The van der Waals surface area contributed by atoms with Gasteiger partial charge in [-0.3, -0.25) is 14.5 Å². The minimum absolute atomic E-state index is 0.187. The Bertz CT molecular complexity index is 571. The molecule has 2 aliphatic rings. The van der Waals surface area contributed by atoms with E-state index in [0.717, 1.165) is 17.7 Å². The van der Waals surface area contributed by atoms with Crippen molar-refractivity contribution >= 4 is 17.8 Å². The summed E-state index contributed by atoms with van der Waals surface area (Å²) in [5.74, 6) is -0.0215. The van der Waals surface area contributed by atoms with E-state index in [2.05, 4.69) is 26.1 Å². The van der Waals surface area contributed by atoms with Crippen LogP contribution < -0.4 is 5.32 Å². The van der Waals surface area contributed by atoms with Gasteiger partial charge in [-0.2, -0.15) is 0 Å². The van der Waals surface area contributed by atoms with Gasteiger partial charge in [0.2, 0.25) is 5.91 Å². The van der Waals surface area contributed by atoms with Crippen LogP contribution >= 0.6 is 0 Å². The first kappa shape index (κ1) is 22.6. The molecule has 2 fully saturated rings. The number of hydrogen-bond donors (Lipinski definition) is 1. The Hall–Kier alpha value is -1.67. The van der Waals surface area contributed by atoms with Crippen LogP contribution in [0.2, 0.25) is 0 Å². The fourth-order valence-electron chi connectivity index (χ4n) is 4.13. The lowest BCUT2D eigenvalue weighted by atomic mass is 9.67. The maximum atomic E-state index is 13.1. The molecule has 1 aliphatic carbocycles. The van der Waals surface area contributed by atoms with Gasteiger partial charge in [-0.1, -0.05) is 20.8 Å². The molecule has 2 rings (SSSR count). The number of urea groups is 1. The monoisotopic (exact) mass is 397 g/mol. The van der Waals surface area contributed by atoms with Gasteiger partial charge in [0, 0.05) is 27.3 Å². The summed E-state index contributed by atoms with van der Waals surface area (Å²) in [6.07, 6.45) is 3.04. The fraction of sp³-hybridized carbons (Fsp3) is 0.850. The summed E-state index contributed by atoms with van der Waals surface area (Å²) in [6.45, 7) is 7.93. The molecule has 1 saturated heterocycles. The average molecular weight is 398 g/mol. The smallest absolute Gasteiger partial charge is 0.325 e. The van der Waals surface area contributed by atoms with Gasteiger partial charge in [0.05, 0.1) is 13.2 Å². The van der Waals surface area contributed by atoms with Crippen LogP contribution in [0.4, 0.5) is 4.79 Å². The van der Waals surface area contributed by atoms with Crippen molar-refractivity contribution in [2.75, 3.05) is 47.1 Å². The number of nitrogens with one attached hydrogen (secondary N) is 1. The molecule has 1 heterocycles. The van der Waals surface area contributed by atoms with Gasteiger partial charge in [0.25, 0.3) is 5.91 Å². The van der Waals surface area contributed by atoms with Crippen molar-refractivity contribution in [3.8, 4) is 0 Å². The highest BCUT2D eigenvalue weighted by Crippen LogP contribution is 2.43. The first-order valence-corrected chi connectivity index (χ1v) is 10.0. The van der Waals surface area contributed by atoms with Crippen molar-refractivity contribution in [1.29, 1.82) is 0 Å². The molecule has 1 aliphatic heterocycles. The summed E-state index contributed by atoms with van der Waals surface area (Å²) in [4.78, 5) is 40.9. The van der Waals surface area contributed by atoms with Gasteiger partial charge >= 0.3 is 6.03 Å². The highest BCUT2D eigenvalue weighted by Gasteiger charge is 2.53. The van der Waals surface area contributed by atoms with E-state index in [0.29, 0.717) is 45.1 Å². The number of carbonyl (C=O) groups excluding carboxylic acids is 3. The second-order valence-electron chi connectivity index (χ2n) is 8.91. The maximum Gasteiger partial charge on any atom is 0.325 e. The minimum atomic E-state index is -0.844. The molecule has 8 heteroatoms. The van der Waals surface area contributed by atoms with Crippen LogP contribution in [0.25, 0.3) is 0 Å². The third kappa shape index (κ3) is 5.03. The second kappa shape index (κ2) is 9.22. The van der Waals surface area contributed by atoms with Crippen molar-refractivity contribution in [1.82, 2.24) is 15.1 Å². The predicted octanol–water partition coefficient (Wildman–Crippen LogP) is 1.63. The van der Waals surface area contributed by atoms with Gasteiger partial charge in [0.15, 0.2) is 0 Å². The van der Waals surface area contributed by atoms with E-state index < -0.39 is 11.6 Å². The number of amides is 4. The summed E-state index contributed by atoms with van der Waals surface area (Å²) in [6, 6.07) is -0.467. The van der Waals surface area contributed by atoms with Crippen LogP contribution in [-0.2, 0) is 19.1 Å². The highest BCUT2D eigenvalue weighted by atomic mass is 16.5. The van der Waals surface area contributed by atoms with E-state index >= 15 is 0 Å². The average Bonchev–Trinajstić information content (AvgIpc) is 2.85. The molecule has 1 spiro atoms. The van der Waals surface area contributed by atoms with Gasteiger partial charge in [-0.05, 0) is 37.0 Å². The molecule has 0 aromatic rings. The largest absolute Gasteiger partial charge is 0.383 e. The van der Waals surface area contributed by atoms with Crippen molar-refractivity contribution in [3.05, 3.63) is 0 Å². The summed E-state index contributed by atoms with van der Waals surface area (Å²) in [5, 5.41) is 2.89. The molecule has 0 aromatic carbocycles. The summed E-state index contributed by atoms with van der Waals surface area (Å²) < 4.78 is 10.1. The van der Waals surface area contributed by atoms with E-state index in [1.54, 1.807) is 19.1 Å². The molecule has 160 valence electrons. The Morgan fingerprint density at radius 3 is 2.14 bits per heavy atom. The minimum Gasteiger partial charge on any atom is -0.383 e. The lowest BCUT2D eigenvalue weighted by molar-refractivity contribution is -0.140. The topological polar surface area (TPSA) is 88.2 Å². The molecule has 0 atom stereocenters. The third-order valence-electron chi connectivity index (χ3n) is 6.09. The maximum absolute atomic E-state index is 13.1. The molecule has 0 radical (unpaired) electrons. The van der Waals surface area contributed by atoms with Crippen molar-refractivity contribution < 1.29 is 23.9 Å². The van der Waals surface area contributed by atoms with Crippen molar-refractivity contribution in [2.45, 2.75) is 52.0 Å². The normalized spacial score (nSPS) is 25.3. The molecule has 0 bridgehead atoms. The van der Waals surface area contributed by atoms with Gasteiger partial charge in [-0.25, -0.2) is 4.79 Å². The molecular weight excluding hydrogens is 362 g/mol.